The van der Waals surface area contributed by atoms with Crippen molar-refractivity contribution in [1.82, 2.24) is 10.3 Å². The van der Waals surface area contributed by atoms with E-state index in [-0.39, 0.29) is 12.1 Å². The standard InChI is InChI=1S/C25H26F4N4O/c1-33(2)22-14-23(32-21-6-4-3-5-18(21)22)30-16-8-10-17(11-9-16)31-24(34)19-13-15(25(27,28)29)7-12-20(19)26/h3-7,12-14,16-17H,8-11H2,1-2H3,(H,30,32)(H,31,34). The van der Waals surface area contributed by atoms with Gasteiger partial charge in [-0.1, -0.05) is 18.2 Å². The Kier molecular flexibility index (Phi) is 6.63. The van der Waals surface area contributed by atoms with Gasteiger partial charge in [-0.25, -0.2) is 9.37 Å². The quantitative estimate of drug-likeness (QED) is 0.472. The number of halogens is 4. The summed E-state index contributed by atoms with van der Waals surface area (Å²) >= 11 is 0. The van der Waals surface area contributed by atoms with Gasteiger partial charge in [0.2, 0.25) is 0 Å². The van der Waals surface area contributed by atoms with Gasteiger partial charge in [0.25, 0.3) is 5.91 Å². The second-order valence-corrected chi connectivity index (χ2v) is 8.80. The fourth-order valence-corrected chi connectivity index (χ4v) is 4.33. The zero-order chi connectivity index (χ0) is 24.5. The van der Waals surface area contributed by atoms with Crippen molar-refractivity contribution in [3.63, 3.8) is 0 Å². The second-order valence-electron chi connectivity index (χ2n) is 8.80. The Balaban J connectivity index is 1.38. The van der Waals surface area contributed by atoms with Gasteiger partial charge in [-0.2, -0.15) is 13.2 Å². The van der Waals surface area contributed by atoms with Gasteiger partial charge in [0, 0.05) is 43.3 Å². The minimum absolute atomic E-state index is 0.141. The molecule has 1 aliphatic rings. The van der Waals surface area contributed by atoms with E-state index in [1.807, 2.05) is 49.3 Å². The SMILES string of the molecule is CN(C)c1cc(NC2CCC(NC(=O)c3cc(C(F)(F)F)ccc3F)CC2)nc2ccccc12. The number of benzene rings is 2. The van der Waals surface area contributed by atoms with Crippen molar-refractivity contribution in [1.29, 1.82) is 0 Å². The number of rotatable bonds is 5. The molecule has 0 radical (unpaired) electrons. The van der Waals surface area contributed by atoms with Crippen LogP contribution in [-0.4, -0.2) is 37.1 Å². The lowest BCUT2D eigenvalue weighted by Gasteiger charge is -2.30. The van der Waals surface area contributed by atoms with Gasteiger partial charge in [0.1, 0.15) is 11.6 Å². The molecule has 0 atom stereocenters. The summed E-state index contributed by atoms with van der Waals surface area (Å²) in [5.41, 5.74) is 0.302. The van der Waals surface area contributed by atoms with E-state index >= 15 is 0 Å². The van der Waals surface area contributed by atoms with Gasteiger partial charge in [0.15, 0.2) is 0 Å². The molecule has 3 aromatic rings. The van der Waals surface area contributed by atoms with Crippen LogP contribution in [0, 0.1) is 5.82 Å². The zero-order valence-electron chi connectivity index (χ0n) is 18.9. The van der Waals surface area contributed by atoms with Crippen LogP contribution in [0.3, 0.4) is 0 Å². The first-order valence-corrected chi connectivity index (χ1v) is 11.1. The number of carbonyl (C=O) groups excluding carboxylic acids is 1. The summed E-state index contributed by atoms with van der Waals surface area (Å²) in [4.78, 5) is 19.2. The maximum atomic E-state index is 14.0. The van der Waals surface area contributed by atoms with E-state index in [1.165, 1.54) is 0 Å². The molecule has 1 amide bonds. The van der Waals surface area contributed by atoms with E-state index < -0.39 is 29.0 Å². The van der Waals surface area contributed by atoms with Crippen LogP contribution in [0.5, 0.6) is 0 Å². The van der Waals surface area contributed by atoms with E-state index in [4.69, 9.17) is 4.98 Å². The van der Waals surface area contributed by atoms with Crippen molar-refractivity contribution in [2.75, 3.05) is 24.3 Å². The fraction of sp³-hybridized carbons (Fsp3) is 0.360. The Labute approximate surface area is 195 Å². The third kappa shape index (κ3) is 5.24. The summed E-state index contributed by atoms with van der Waals surface area (Å²) in [5, 5.41) is 7.22. The van der Waals surface area contributed by atoms with Crippen LogP contribution < -0.4 is 15.5 Å². The van der Waals surface area contributed by atoms with Gasteiger partial charge in [0.05, 0.1) is 16.6 Å². The fourth-order valence-electron chi connectivity index (χ4n) is 4.33. The van der Waals surface area contributed by atoms with E-state index in [2.05, 4.69) is 10.6 Å². The molecule has 180 valence electrons. The first kappa shape index (κ1) is 23.8. The molecule has 1 aromatic heterocycles. The number of anilines is 2. The largest absolute Gasteiger partial charge is 0.416 e. The van der Waals surface area contributed by atoms with Crippen molar-refractivity contribution in [2.24, 2.45) is 0 Å². The number of pyridine rings is 1. The molecule has 9 heteroatoms. The Morgan fingerprint density at radius 2 is 1.68 bits per heavy atom. The number of carbonyl (C=O) groups is 1. The molecule has 0 aliphatic heterocycles. The number of hydrogen-bond donors (Lipinski definition) is 2. The van der Waals surface area contributed by atoms with Crippen LogP contribution in [0.1, 0.15) is 41.6 Å². The monoisotopic (exact) mass is 474 g/mol. The second kappa shape index (κ2) is 9.48. The van der Waals surface area contributed by atoms with Crippen LogP contribution in [-0.2, 0) is 6.18 Å². The van der Waals surface area contributed by atoms with Crippen LogP contribution in [0.25, 0.3) is 10.9 Å². The Hall–Kier alpha value is -3.36. The van der Waals surface area contributed by atoms with Crippen molar-refractivity contribution in [3.8, 4) is 0 Å². The van der Waals surface area contributed by atoms with Gasteiger partial charge in [-0.05, 0) is 49.9 Å². The highest BCUT2D eigenvalue weighted by atomic mass is 19.4. The molecule has 1 saturated carbocycles. The first-order valence-electron chi connectivity index (χ1n) is 11.1. The molecule has 0 unspecified atom stereocenters. The van der Waals surface area contributed by atoms with E-state index in [0.29, 0.717) is 31.0 Å². The number of nitrogens with zero attached hydrogens (tertiary/aromatic N) is 2. The predicted octanol–water partition coefficient (Wildman–Crippen LogP) is 5.61. The predicted molar refractivity (Wildman–Crippen MR) is 125 cm³/mol. The topological polar surface area (TPSA) is 57.3 Å². The number of amides is 1. The molecular weight excluding hydrogens is 448 g/mol. The highest BCUT2D eigenvalue weighted by Crippen LogP contribution is 2.31. The van der Waals surface area contributed by atoms with Gasteiger partial charge >= 0.3 is 6.18 Å². The molecule has 0 bridgehead atoms. The molecule has 0 saturated heterocycles. The molecule has 1 aliphatic carbocycles. The minimum Gasteiger partial charge on any atom is -0.377 e. The summed E-state index contributed by atoms with van der Waals surface area (Å²) in [7, 11) is 3.96. The third-order valence-corrected chi connectivity index (χ3v) is 6.13. The number of alkyl halides is 3. The van der Waals surface area contributed by atoms with Crippen LogP contribution >= 0.6 is 0 Å². The summed E-state index contributed by atoms with van der Waals surface area (Å²) < 4.78 is 52.8. The molecule has 34 heavy (non-hydrogen) atoms. The van der Waals surface area contributed by atoms with Gasteiger partial charge in [-0.15, -0.1) is 0 Å². The van der Waals surface area contributed by atoms with Crippen LogP contribution in [0.4, 0.5) is 29.1 Å². The average molecular weight is 475 g/mol. The zero-order valence-corrected chi connectivity index (χ0v) is 18.9. The Bertz CT molecular complexity index is 1190. The Morgan fingerprint density at radius 3 is 2.35 bits per heavy atom. The Morgan fingerprint density at radius 1 is 1.00 bits per heavy atom. The van der Waals surface area contributed by atoms with E-state index in [1.54, 1.807) is 0 Å². The van der Waals surface area contributed by atoms with E-state index in [9.17, 15) is 22.4 Å². The summed E-state index contributed by atoms with van der Waals surface area (Å²) in [5.74, 6) is -1.03. The average Bonchev–Trinajstić information content (AvgIpc) is 2.79. The maximum absolute atomic E-state index is 14.0. The lowest BCUT2D eigenvalue weighted by Crippen LogP contribution is -2.40. The molecule has 1 fully saturated rings. The van der Waals surface area contributed by atoms with Crippen molar-refractivity contribution in [2.45, 2.75) is 43.9 Å². The number of para-hydroxylation sites is 1. The molecular formula is C25H26F4N4O. The van der Waals surface area contributed by atoms with Crippen molar-refractivity contribution >= 4 is 28.3 Å². The molecule has 5 nitrogen and oxygen atoms in total. The molecule has 0 spiro atoms. The number of fused-ring (bicyclic) bond motifs is 1. The van der Waals surface area contributed by atoms with Crippen LogP contribution in [0.2, 0.25) is 0 Å². The maximum Gasteiger partial charge on any atom is 0.416 e. The lowest BCUT2D eigenvalue weighted by atomic mass is 9.91. The third-order valence-electron chi connectivity index (χ3n) is 6.13. The molecule has 4 rings (SSSR count). The van der Waals surface area contributed by atoms with Gasteiger partial charge < -0.3 is 15.5 Å². The highest BCUT2D eigenvalue weighted by molar-refractivity contribution is 5.95. The normalized spacial score (nSPS) is 18.5. The number of aromatic nitrogens is 1. The van der Waals surface area contributed by atoms with Crippen molar-refractivity contribution < 1.29 is 22.4 Å². The molecule has 1 heterocycles. The molecule has 2 aromatic carbocycles. The van der Waals surface area contributed by atoms with Gasteiger partial charge in [-0.3, -0.25) is 4.79 Å². The summed E-state index contributed by atoms with van der Waals surface area (Å²) in [6.07, 6.45) is -1.92. The summed E-state index contributed by atoms with van der Waals surface area (Å²) in [6.45, 7) is 0. The minimum atomic E-state index is -4.64. The smallest absolute Gasteiger partial charge is 0.377 e. The summed E-state index contributed by atoms with van der Waals surface area (Å²) in [6, 6.07) is 11.7. The lowest BCUT2D eigenvalue weighted by molar-refractivity contribution is -0.137. The van der Waals surface area contributed by atoms with Crippen LogP contribution in [0.15, 0.2) is 48.5 Å². The van der Waals surface area contributed by atoms with Crippen molar-refractivity contribution in [3.05, 3.63) is 65.5 Å². The molecule has 2 N–H and O–H groups in total. The highest BCUT2D eigenvalue weighted by Gasteiger charge is 2.32. The first-order chi connectivity index (χ1) is 16.1. The van der Waals surface area contributed by atoms with E-state index in [0.717, 1.165) is 35.2 Å². The number of hydrogen-bond acceptors (Lipinski definition) is 4. The number of nitrogens with one attached hydrogen (secondary N) is 2.